The summed E-state index contributed by atoms with van der Waals surface area (Å²) in [7, 11) is 1.35. The van der Waals surface area contributed by atoms with Crippen molar-refractivity contribution in [3.05, 3.63) is 53.1 Å². The number of hydrogen-bond donors (Lipinski definition) is 0. The van der Waals surface area contributed by atoms with Crippen LogP contribution in [0.2, 0.25) is 0 Å². The Morgan fingerprint density at radius 1 is 1.24 bits per heavy atom. The number of methoxy groups -OCH3 is 1. The van der Waals surface area contributed by atoms with E-state index in [1.165, 1.54) is 19.2 Å². The highest BCUT2D eigenvalue weighted by Crippen LogP contribution is 2.47. The first-order valence-corrected chi connectivity index (χ1v) is 8.17. The molecule has 0 saturated heterocycles. The van der Waals surface area contributed by atoms with Gasteiger partial charge in [-0.2, -0.15) is 5.10 Å². The van der Waals surface area contributed by atoms with Crippen LogP contribution in [0.15, 0.2) is 36.0 Å². The zero-order chi connectivity index (χ0) is 17.6. The maximum Gasteiger partial charge on any atom is 0.316 e. The number of hydrogen-bond acceptors (Lipinski definition) is 4. The number of esters is 1. The monoisotopic (exact) mass is 340 g/mol. The van der Waals surface area contributed by atoms with Gasteiger partial charge in [-0.15, -0.1) is 0 Å². The SMILES string of the molecule is COC(=O)[C@@]12CC(=O)CCC1=Cc1c(cnn1-c1ccc(F)cc1)C2. The number of fused-ring (bicyclic) bond motifs is 2. The predicted octanol–water partition coefficient (Wildman–Crippen LogP) is 2.86. The zero-order valence-electron chi connectivity index (χ0n) is 13.8. The third-order valence-corrected chi connectivity index (χ3v) is 5.12. The number of halogens is 1. The molecule has 2 aliphatic rings. The van der Waals surface area contributed by atoms with Gasteiger partial charge in [-0.25, -0.2) is 9.07 Å². The van der Waals surface area contributed by atoms with Crippen molar-refractivity contribution in [2.45, 2.75) is 25.7 Å². The van der Waals surface area contributed by atoms with Gasteiger partial charge in [0.25, 0.3) is 0 Å². The third-order valence-electron chi connectivity index (χ3n) is 5.12. The molecule has 0 aliphatic heterocycles. The van der Waals surface area contributed by atoms with Gasteiger partial charge >= 0.3 is 5.97 Å². The second-order valence-electron chi connectivity index (χ2n) is 6.58. The highest BCUT2D eigenvalue weighted by molar-refractivity contribution is 5.94. The molecule has 1 heterocycles. The average Bonchev–Trinajstić information content (AvgIpc) is 3.02. The summed E-state index contributed by atoms with van der Waals surface area (Å²) in [5, 5.41) is 4.40. The quantitative estimate of drug-likeness (QED) is 0.789. The summed E-state index contributed by atoms with van der Waals surface area (Å²) in [6.45, 7) is 0. The Hall–Kier alpha value is -2.76. The maximum atomic E-state index is 13.2. The minimum atomic E-state index is -0.909. The molecule has 0 radical (unpaired) electrons. The fraction of sp³-hybridized carbons (Fsp3) is 0.316. The Morgan fingerprint density at radius 2 is 2.00 bits per heavy atom. The predicted molar refractivity (Wildman–Crippen MR) is 88.5 cm³/mol. The van der Waals surface area contributed by atoms with Crippen LogP contribution in [0.5, 0.6) is 0 Å². The molecule has 0 bridgehead atoms. The first kappa shape index (κ1) is 15.7. The Labute approximate surface area is 144 Å². The Morgan fingerprint density at radius 3 is 2.72 bits per heavy atom. The van der Waals surface area contributed by atoms with Gasteiger partial charge in [0.05, 0.1) is 24.7 Å². The van der Waals surface area contributed by atoms with E-state index in [0.29, 0.717) is 19.3 Å². The van der Waals surface area contributed by atoms with Gasteiger partial charge in [0.15, 0.2) is 0 Å². The van der Waals surface area contributed by atoms with E-state index in [4.69, 9.17) is 4.74 Å². The number of nitrogens with zero attached hydrogens (tertiary/aromatic N) is 2. The lowest BCUT2D eigenvalue weighted by atomic mass is 9.64. The number of ether oxygens (including phenoxy) is 1. The molecule has 2 aliphatic carbocycles. The highest BCUT2D eigenvalue weighted by atomic mass is 19.1. The van der Waals surface area contributed by atoms with Gasteiger partial charge < -0.3 is 4.74 Å². The Bertz CT molecular complexity index is 898. The van der Waals surface area contributed by atoms with Crippen LogP contribution in [0.25, 0.3) is 11.8 Å². The third kappa shape index (κ3) is 2.40. The van der Waals surface area contributed by atoms with Crippen LogP contribution in [0, 0.1) is 11.2 Å². The van der Waals surface area contributed by atoms with Crippen LogP contribution in [0.4, 0.5) is 4.39 Å². The van der Waals surface area contributed by atoms with Crippen LogP contribution in [0.3, 0.4) is 0 Å². The van der Waals surface area contributed by atoms with E-state index in [0.717, 1.165) is 22.5 Å². The van der Waals surface area contributed by atoms with Crippen molar-refractivity contribution in [2.24, 2.45) is 5.41 Å². The van der Waals surface area contributed by atoms with Crippen LogP contribution < -0.4 is 0 Å². The Kier molecular flexibility index (Phi) is 3.56. The fourth-order valence-corrected chi connectivity index (χ4v) is 3.87. The topological polar surface area (TPSA) is 61.2 Å². The molecule has 25 heavy (non-hydrogen) atoms. The van der Waals surface area contributed by atoms with Crippen molar-refractivity contribution in [1.29, 1.82) is 0 Å². The molecule has 0 N–H and O–H groups in total. The lowest BCUT2D eigenvalue weighted by molar-refractivity contribution is -0.153. The number of carbonyl (C=O) groups excluding carboxylic acids is 2. The molecule has 6 heteroatoms. The lowest BCUT2D eigenvalue weighted by Crippen LogP contribution is -2.43. The molecule has 5 nitrogen and oxygen atoms in total. The van der Waals surface area contributed by atoms with Crippen molar-refractivity contribution >= 4 is 17.8 Å². The summed E-state index contributed by atoms with van der Waals surface area (Å²) in [6, 6.07) is 6.09. The van der Waals surface area contributed by atoms with Crippen molar-refractivity contribution in [2.75, 3.05) is 7.11 Å². The summed E-state index contributed by atoms with van der Waals surface area (Å²) in [4.78, 5) is 24.5. The molecule has 1 aromatic heterocycles. The van der Waals surface area contributed by atoms with Crippen LogP contribution in [-0.2, 0) is 20.7 Å². The summed E-state index contributed by atoms with van der Waals surface area (Å²) >= 11 is 0. The number of Topliss-reactive ketones (excluding diaryl/α,β-unsaturated/α-hetero) is 1. The van der Waals surface area contributed by atoms with E-state index in [-0.39, 0.29) is 24.0 Å². The first-order valence-electron chi connectivity index (χ1n) is 8.17. The standard InChI is InChI=1S/C19H17FN2O3/c1-25-18(24)19-9-12-11-21-22(15-5-3-14(20)4-6-15)17(12)8-13(19)2-7-16(23)10-19/h3-6,8,11H,2,7,9-10H2,1H3/t19-/m0/s1. The van der Waals surface area contributed by atoms with Gasteiger partial charge in [-0.05, 0) is 54.3 Å². The molecular weight excluding hydrogens is 323 g/mol. The minimum absolute atomic E-state index is 0.0805. The van der Waals surface area contributed by atoms with Gasteiger partial charge in [0, 0.05) is 12.8 Å². The van der Waals surface area contributed by atoms with Crippen molar-refractivity contribution in [3.63, 3.8) is 0 Å². The minimum Gasteiger partial charge on any atom is -0.468 e. The van der Waals surface area contributed by atoms with E-state index < -0.39 is 5.41 Å². The van der Waals surface area contributed by atoms with Crippen molar-refractivity contribution in [1.82, 2.24) is 9.78 Å². The molecule has 0 unspecified atom stereocenters. The molecular formula is C19H17FN2O3. The molecule has 1 saturated carbocycles. The number of aromatic nitrogens is 2. The maximum absolute atomic E-state index is 13.2. The average molecular weight is 340 g/mol. The summed E-state index contributed by atoms with van der Waals surface area (Å²) in [6.07, 6.45) is 5.20. The second-order valence-corrected chi connectivity index (χ2v) is 6.58. The van der Waals surface area contributed by atoms with Crippen LogP contribution >= 0.6 is 0 Å². The first-order chi connectivity index (χ1) is 12.0. The van der Waals surface area contributed by atoms with Crippen molar-refractivity contribution < 1.29 is 18.7 Å². The summed E-state index contributed by atoms with van der Waals surface area (Å²) in [5.74, 6) is -0.595. The van der Waals surface area contributed by atoms with Gasteiger partial charge in [0.2, 0.25) is 0 Å². The normalized spacial score (nSPS) is 22.0. The number of rotatable bonds is 2. The van der Waals surface area contributed by atoms with E-state index in [9.17, 15) is 14.0 Å². The zero-order valence-corrected chi connectivity index (χ0v) is 13.8. The Balaban J connectivity index is 1.82. The number of carbonyl (C=O) groups is 2. The summed E-state index contributed by atoms with van der Waals surface area (Å²) in [5.41, 5.74) is 2.50. The number of ketones is 1. The molecule has 1 aromatic carbocycles. The van der Waals surface area contributed by atoms with E-state index >= 15 is 0 Å². The van der Waals surface area contributed by atoms with Crippen LogP contribution in [-0.4, -0.2) is 28.6 Å². The molecule has 2 aromatic rings. The molecule has 128 valence electrons. The van der Waals surface area contributed by atoms with Gasteiger partial charge in [0.1, 0.15) is 17.0 Å². The molecule has 1 atom stereocenters. The van der Waals surface area contributed by atoms with E-state index in [1.54, 1.807) is 23.0 Å². The van der Waals surface area contributed by atoms with Gasteiger partial charge in [-0.3, -0.25) is 9.59 Å². The van der Waals surface area contributed by atoms with E-state index in [2.05, 4.69) is 5.10 Å². The van der Waals surface area contributed by atoms with Crippen LogP contribution in [0.1, 0.15) is 30.5 Å². The second kappa shape index (κ2) is 5.65. The molecule has 4 rings (SSSR count). The molecule has 0 spiro atoms. The lowest BCUT2D eigenvalue weighted by Gasteiger charge is -2.38. The largest absolute Gasteiger partial charge is 0.468 e. The highest BCUT2D eigenvalue weighted by Gasteiger charge is 2.49. The number of benzene rings is 1. The van der Waals surface area contributed by atoms with Crippen molar-refractivity contribution in [3.8, 4) is 5.69 Å². The summed E-state index contributed by atoms with van der Waals surface area (Å²) < 4.78 is 19.9. The van der Waals surface area contributed by atoms with E-state index in [1.807, 2.05) is 6.08 Å². The smallest absolute Gasteiger partial charge is 0.316 e. The molecule has 0 amide bonds. The fourth-order valence-electron chi connectivity index (χ4n) is 3.87. The van der Waals surface area contributed by atoms with Gasteiger partial charge in [-0.1, -0.05) is 0 Å². The molecule has 1 fully saturated rings.